The van der Waals surface area contributed by atoms with Crippen molar-refractivity contribution in [3.8, 4) is 0 Å². The van der Waals surface area contributed by atoms with Gasteiger partial charge in [-0.3, -0.25) is 19.4 Å². The minimum absolute atomic E-state index is 0.207. The number of nitrogens with zero attached hydrogens (tertiary/aromatic N) is 1. The van der Waals surface area contributed by atoms with Gasteiger partial charge in [0.2, 0.25) is 5.78 Å². The summed E-state index contributed by atoms with van der Waals surface area (Å²) in [6, 6.07) is 1.73. The molecule has 10 heteroatoms. The Labute approximate surface area is 205 Å². The number of thiazole rings is 1. The number of esters is 3. The average molecular weight is 500 g/mol. The number of hydrogen-bond donors (Lipinski definition) is 0. The zero-order chi connectivity index (χ0) is 25.0. The highest BCUT2D eigenvalue weighted by molar-refractivity contribution is 7.11. The van der Waals surface area contributed by atoms with Crippen molar-refractivity contribution in [1.82, 2.24) is 4.98 Å². The maximum atomic E-state index is 14.0. The van der Waals surface area contributed by atoms with E-state index in [1.54, 1.807) is 6.07 Å². The maximum Gasteiger partial charge on any atom is 0.355 e. The second kappa shape index (κ2) is 8.44. The fourth-order valence-electron chi connectivity index (χ4n) is 6.35. The van der Waals surface area contributed by atoms with Crippen molar-refractivity contribution in [1.29, 1.82) is 0 Å². The number of furan rings is 1. The van der Waals surface area contributed by atoms with Crippen LogP contribution in [-0.2, 0) is 28.6 Å². The molecule has 2 aromatic heterocycles. The molecule has 6 unspecified atom stereocenters. The number of allylic oxidation sites excluding steroid dienone is 1. The summed E-state index contributed by atoms with van der Waals surface area (Å²) in [5.41, 5.74) is 0.488. The summed E-state index contributed by atoms with van der Waals surface area (Å²) in [6.07, 6.45) is 6.44. The number of aromatic nitrogens is 1. The molecule has 2 aliphatic carbocycles. The molecule has 1 saturated carbocycles. The first kappa shape index (κ1) is 23.5. The standard InChI is InChI=1S/C25H25NO8S/c1-24-6-4-14-22(29)34-17(13-5-7-32-11-13)9-25(14,2)20(24)19(27)16(8-15(24)21(28)31-3)33-23(30)18-10-26-12-35-18/h5,7-8,10-12,14-15,17,20H,4,6,9H2,1-3H3. The van der Waals surface area contributed by atoms with Crippen molar-refractivity contribution < 1.29 is 37.8 Å². The van der Waals surface area contributed by atoms with Crippen molar-refractivity contribution in [3.05, 3.63) is 52.6 Å². The normalized spacial score (nSPS) is 34.2. The SMILES string of the molecule is COC(=O)C1C=C(OC(=O)c2cncs2)C(=O)C2C1(C)CCC1C(=O)OC(c3ccoc3)CC12C. The van der Waals surface area contributed by atoms with Gasteiger partial charge in [0.25, 0.3) is 0 Å². The Bertz CT molecular complexity index is 1200. The van der Waals surface area contributed by atoms with Crippen LogP contribution >= 0.6 is 11.3 Å². The van der Waals surface area contributed by atoms with Crippen LogP contribution in [0.2, 0.25) is 0 Å². The molecule has 5 rings (SSSR count). The van der Waals surface area contributed by atoms with E-state index in [1.807, 2.05) is 13.8 Å². The Hall–Kier alpha value is -3.27. The van der Waals surface area contributed by atoms with E-state index in [9.17, 15) is 19.2 Å². The summed E-state index contributed by atoms with van der Waals surface area (Å²) in [5, 5.41) is 0. The molecule has 0 amide bonds. The highest BCUT2D eigenvalue weighted by Crippen LogP contribution is 2.64. The third kappa shape index (κ3) is 3.62. The van der Waals surface area contributed by atoms with Crippen LogP contribution in [0.5, 0.6) is 0 Å². The van der Waals surface area contributed by atoms with E-state index in [-0.39, 0.29) is 16.6 Å². The molecule has 0 aromatic carbocycles. The van der Waals surface area contributed by atoms with Gasteiger partial charge in [0.1, 0.15) is 11.0 Å². The van der Waals surface area contributed by atoms with Gasteiger partial charge in [0, 0.05) is 11.5 Å². The van der Waals surface area contributed by atoms with Gasteiger partial charge in [0.05, 0.1) is 43.2 Å². The predicted octanol–water partition coefficient (Wildman–Crippen LogP) is 3.88. The Morgan fingerprint density at radius 1 is 1.23 bits per heavy atom. The van der Waals surface area contributed by atoms with E-state index in [0.717, 1.165) is 11.3 Å². The number of rotatable bonds is 4. The number of hydrogen-bond acceptors (Lipinski definition) is 10. The third-order valence-corrected chi connectivity index (χ3v) is 8.75. The summed E-state index contributed by atoms with van der Waals surface area (Å²) in [6.45, 7) is 3.77. The van der Waals surface area contributed by atoms with Gasteiger partial charge in [-0.05, 0) is 42.2 Å². The molecule has 0 radical (unpaired) electrons. The maximum absolute atomic E-state index is 14.0. The molecule has 0 spiro atoms. The lowest BCUT2D eigenvalue weighted by atomic mass is 9.44. The summed E-state index contributed by atoms with van der Waals surface area (Å²) in [7, 11) is 1.29. The van der Waals surface area contributed by atoms with E-state index < -0.39 is 52.4 Å². The van der Waals surface area contributed by atoms with E-state index in [0.29, 0.717) is 24.8 Å². The van der Waals surface area contributed by atoms with Gasteiger partial charge in [0.15, 0.2) is 5.76 Å². The first-order valence-corrected chi connectivity index (χ1v) is 12.2. The van der Waals surface area contributed by atoms with Crippen molar-refractivity contribution in [2.45, 2.75) is 39.2 Å². The number of cyclic esters (lactones) is 1. The number of Topliss-reactive ketones (excluding diaryl/α,β-unsaturated/α-hetero) is 1. The van der Waals surface area contributed by atoms with Crippen LogP contribution in [0.15, 0.2) is 46.6 Å². The Morgan fingerprint density at radius 3 is 2.69 bits per heavy atom. The van der Waals surface area contributed by atoms with Crippen LogP contribution < -0.4 is 0 Å². The average Bonchev–Trinajstić information content (AvgIpc) is 3.54. The highest BCUT2D eigenvalue weighted by Gasteiger charge is 2.66. The molecule has 0 N–H and O–H groups in total. The molecule has 1 saturated heterocycles. The predicted molar refractivity (Wildman–Crippen MR) is 121 cm³/mol. The molecule has 6 atom stereocenters. The molecule has 2 fully saturated rings. The number of ketones is 1. The third-order valence-electron chi connectivity index (χ3n) is 7.99. The van der Waals surface area contributed by atoms with Gasteiger partial charge >= 0.3 is 17.9 Å². The van der Waals surface area contributed by atoms with Crippen LogP contribution in [0.4, 0.5) is 0 Å². The fraction of sp³-hybridized carbons (Fsp3) is 0.480. The largest absolute Gasteiger partial charge is 0.472 e. The lowest BCUT2D eigenvalue weighted by Crippen LogP contribution is -2.61. The van der Waals surface area contributed by atoms with Gasteiger partial charge in [-0.15, -0.1) is 11.3 Å². The Balaban J connectivity index is 1.58. The van der Waals surface area contributed by atoms with Gasteiger partial charge < -0.3 is 18.6 Å². The summed E-state index contributed by atoms with van der Waals surface area (Å²) < 4.78 is 21.5. The zero-order valence-corrected chi connectivity index (χ0v) is 20.3. The molecule has 9 nitrogen and oxygen atoms in total. The summed E-state index contributed by atoms with van der Waals surface area (Å²) in [5.74, 6) is -4.40. The van der Waals surface area contributed by atoms with Crippen LogP contribution in [-0.4, -0.2) is 35.8 Å². The number of ether oxygens (including phenoxy) is 3. The van der Waals surface area contributed by atoms with Gasteiger partial charge in [-0.25, -0.2) is 4.79 Å². The number of carbonyl (C=O) groups is 4. The first-order valence-electron chi connectivity index (χ1n) is 11.4. The van der Waals surface area contributed by atoms with Gasteiger partial charge in [-0.1, -0.05) is 13.8 Å². The monoisotopic (exact) mass is 499 g/mol. The second-order valence-corrected chi connectivity index (χ2v) is 10.8. The minimum atomic E-state index is -0.857. The molecule has 35 heavy (non-hydrogen) atoms. The zero-order valence-electron chi connectivity index (χ0n) is 19.5. The van der Waals surface area contributed by atoms with Crippen molar-refractivity contribution >= 4 is 35.0 Å². The minimum Gasteiger partial charge on any atom is -0.472 e. The number of methoxy groups -OCH3 is 1. The molecular weight excluding hydrogens is 474 g/mol. The molecule has 0 bridgehead atoms. The molecule has 3 aliphatic rings. The van der Waals surface area contributed by atoms with Crippen LogP contribution in [0, 0.1) is 28.6 Å². The fourth-order valence-corrected chi connectivity index (χ4v) is 6.85. The number of fused-ring (bicyclic) bond motifs is 3. The summed E-state index contributed by atoms with van der Waals surface area (Å²) in [4.78, 5) is 56.9. The summed E-state index contributed by atoms with van der Waals surface area (Å²) >= 11 is 1.09. The van der Waals surface area contributed by atoms with Crippen molar-refractivity contribution in [2.75, 3.05) is 7.11 Å². The molecular formula is C25H25NO8S. The van der Waals surface area contributed by atoms with Gasteiger partial charge in [-0.2, -0.15) is 0 Å². The van der Waals surface area contributed by atoms with Crippen molar-refractivity contribution in [3.63, 3.8) is 0 Å². The van der Waals surface area contributed by atoms with E-state index in [1.165, 1.54) is 37.4 Å². The van der Waals surface area contributed by atoms with E-state index >= 15 is 0 Å². The molecule has 3 heterocycles. The van der Waals surface area contributed by atoms with E-state index in [4.69, 9.17) is 18.6 Å². The smallest absolute Gasteiger partial charge is 0.355 e. The second-order valence-electron chi connectivity index (χ2n) is 9.87. The Kier molecular flexibility index (Phi) is 5.66. The number of carbonyl (C=O) groups excluding carboxylic acids is 4. The van der Waals surface area contributed by atoms with Crippen molar-refractivity contribution in [2.24, 2.45) is 28.6 Å². The quantitative estimate of drug-likeness (QED) is 0.456. The highest BCUT2D eigenvalue weighted by atomic mass is 32.1. The first-order chi connectivity index (χ1) is 16.7. The van der Waals surface area contributed by atoms with E-state index in [2.05, 4.69) is 4.98 Å². The topological polar surface area (TPSA) is 122 Å². The molecule has 2 aromatic rings. The lowest BCUT2D eigenvalue weighted by molar-refractivity contribution is -0.197. The van der Waals surface area contributed by atoms with Crippen LogP contribution in [0.3, 0.4) is 0 Å². The molecule has 184 valence electrons. The lowest BCUT2D eigenvalue weighted by Gasteiger charge is -2.59. The Morgan fingerprint density at radius 2 is 2.03 bits per heavy atom. The van der Waals surface area contributed by atoms with Crippen LogP contribution in [0.25, 0.3) is 0 Å². The molecule has 1 aliphatic heterocycles. The van der Waals surface area contributed by atoms with Crippen LogP contribution in [0.1, 0.15) is 54.4 Å².